The number of rotatable bonds is 9. The highest BCUT2D eigenvalue weighted by Gasteiger charge is 2.45. The third kappa shape index (κ3) is 9.03. The van der Waals surface area contributed by atoms with Crippen molar-refractivity contribution in [3.05, 3.63) is 133 Å². The summed E-state index contributed by atoms with van der Waals surface area (Å²) >= 11 is 12.6. The van der Waals surface area contributed by atoms with Gasteiger partial charge in [0.15, 0.2) is 46.4 Å². The Kier molecular flexibility index (Phi) is 15.0. The number of aromatic nitrogens is 8. The quantitative estimate of drug-likeness (QED) is 0.0895. The summed E-state index contributed by atoms with van der Waals surface area (Å²) in [6.45, 7) is -0.778. The number of carbonyl (C=O) groups is 3. The van der Waals surface area contributed by atoms with Crippen LogP contribution < -0.4 is 16.4 Å². The van der Waals surface area contributed by atoms with Gasteiger partial charge in [-0.05, 0) is 36.4 Å². The summed E-state index contributed by atoms with van der Waals surface area (Å²) < 4.78 is 14.4. The van der Waals surface area contributed by atoms with E-state index in [0.717, 1.165) is 4.90 Å². The largest absolute Gasteiger partial charge is 0.412 e. The number of alkyl halides is 2. The molecule has 2 saturated heterocycles. The van der Waals surface area contributed by atoms with Crippen molar-refractivity contribution in [2.24, 2.45) is 0 Å². The summed E-state index contributed by atoms with van der Waals surface area (Å²) in [7, 11) is 0. The smallest absolute Gasteiger partial charge is 0.266 e. The highest BCUT2D eigenvalue weighted by Crippen LogP contribution is 2.37. The molecule has 0 spiro atoms. The van der Waals surface area contributed by atoms with Crippen LogP contribution in [0.4, 0.5) is 11.6 Å². The number of imide groups is 1. The minimum absolute atomic E-state index is 0. The molecule has 0 radical (unpaired) electrons. The van der Waals surface area contributed by atoms with Gasteiger partial charge in [-0.3, -0.25) is 23.5 Å². The molecule has 0 bridgehead atoms. The van der Waals surface area contributed by atoms with Crippen LogP contribution in [0.5, 0.6) is 0 Å². The Morgan fingerprint density at radius 3 is 1.50 bits per heavy atom. The number of anilines is 2. The number of hydrogen-bond acceptors (Lipinski definition) is 16. The summed E-state index contributed by atoms with van der Waals surface area (Å²) in [5.41, 5.74) is 2.20. The number of amides is 3. The normalized spacial score (nSPS) is 22.5. The van der Waals surface area contributed by atoms with Crippen LogP contribution in [0.3, 0.4) is 0 Å². The lowest BCUT2D eigenvalue weighted by molar-refractivity contribution is -0.0431. The molecule has 0 unspecified atom stereocenters. The number of ether oxygens (including phenoxy) is 2. The van der Waals surface area contributed by atoms with Crippen molar-refractivity contribution in [3.63, 3.8) is 0 Å². The maximum Gasteiger partial charge on any atom is 0.266 e. The lowest BCUT2D eigenvalue weighted by atomic mass is 10.1. The molecule has 2 aliphatic rings. The highest BCUT2D eigenvalue weighted by atomic mass is 35.5. The molecule has 3 aromatic carbocycles. The van der Waals surface area contributed by atoms with Crippen molar-refractivity contribution in [3.8, 4) is 0 Å². The van der Waals surface area contributed by atoms with Crippen molar-refractivity contribution in [2.45, 2.75) is 47.6 Å². The zero-order chi connectivity index (χ0) is 43.5. The maximum absolute atomic E-state index is 13.5. The second kappa shape index (κ2) is 20.4. The van der Waals surface area contributed by atoms with E-state index in [1.807, 2.05) is 6.07 Å². The minimum atomic E-state index is -1.11. The number of fused-ring (bicyclic) bond motifs is 2. The molecule has 9 rings (SSSR count). The molecule has 23 heteroatoms. The summed E-state index contributed by atoms with van der Waals surface area (Å²) in [6.07, 6.45) is -0.143. The first-order chi connectivity index (χ1) is 30.1. The van der Waals surface area contributed by atoms with Gasteiger partial charge in [0.2, 0.25) is 0 Å². The molecular formula is C41H41Cl2N11O10. The van der Waals surface area contributed by atoms with Gasteiger partial charge in [0.25, 0.3) is 17.7 Å². The lowest BCUT2D eigenvalue weighted by Crippen LogP contribution is -2.38. The van der Waals surface area contributed by atoms with E-state index in [1.54, 1.807) is 89.5 Å². The summed E-state index contributed by atoms with van der Waals surface area (Å²) in [5, 5.41) is 40.1. The van der Waals surface area contributed by atoms with Gasteiger partial charge in [-0.2, -0.15) is 0 Å². The van der Waals surface area contributed by atoms with Crippen LogP contribution in [-0.2, 0) is 9.47 Å². The fraction of sp³-hybridized carbons (Fsp3) is 0.244. The number of nitrogens with one attached hydrogen (secondary N) is 1. The zero-order valence-electron chi connectivity index (χ0n) is 33.3. The number of hydrogen-bond donors (Lipinski definition) is 6. The van der Waals surface area contributed by atoms with Gasteiger partial charge in [0.1, 0.15) is 47.8 Å². The molecule has 2 fully saturated rings. The molecule has 4 aromatic heterocycles. The van der Waals surface area contributed by atoms with Gasteiger partial charge in [0, 0.05) is 16.7 Å². The first-order valence-corrected chi connectivity index (χ1v) is 19.9. The predicted octanol–water partition coefficient (Wildman–Crippen LogP) is 2.45. The topological polar surface area (TPSA) is 320 Å². The Bertz CT molecular complexity index is 2650. The van der Waals surface area contributed by atoms with E-state index in [-0.39, 0.29) is 58.1 Å². The number of carbonyl (C=O) groups excluding carboxylic acids is 3. The molecule has 6 heterocycles. The SMILES string of the molecule is N.O.O=C(Nc1ncnc2c1ncn2[C@@H]1O[C@H](CO)[C@@H](O)[C@H]1Cl)c1ccccc1.O=C(c1ccccc1)N(C(=O)c1ccccc1)c1ncnc2c1ncn2[C@@H]1O[C@H](CO)[C@@H](O)[C@H]1Cl. The van der Waals surface area contributed by atoms with E-state index in [9.17, 15) is 34.8 Å². The third-order valence-electron chi connectivity index (χ3n) is 10.1. The van der Waals surface area contributed by atoms with Crippen molar-refractivity contribution in [2.75, 3.05) is 23.4 Å². The van der Waals surface area contributed by atoms with E-state index < -0.39 is 66.0 Å². The first-order valence-electron chi connectivity index (χ1n) is 19.0. The van der Waals surface area contributed by atoms with Crippen LogP contribution in [0.25, 0.3) is 22.3 Å². The highest BCUT2D eigenvalue weighted by molar-refractivity contribution is 6.27. The van der Waals surface area contributed by atoms with Gasteiger partial charge < -0.3 is 46.8 Å². The second-order valence-corrected chi connectivity index (χ2v) is 14.9. The van der Waals surface area contributed by atoms with Gasteiger partial charge >= 0.3 is 0 Å². The maximum atomic E-state index is 13.5. The van der Waals surface area contributed by atoms with E-state index >= 15 is 0 Å². The van der Waals surface area contributed by atoms with Crippen molar-refractivity contribution < 1.29 is 49.8 Å². The van der Waals surface area contributed by atoms with Gasteiger partial charge in [-0.15, -0.1) is 23.2 Å². The Morgan fingerprint density at radius 1 is 0.625 bits per heavy atom. The molecular weight excluding hydrogens is 877 g/mol. The van der Waals surface area contributed by atoms with E-state index in [1.165, 1.54) is 29.9 Å². The molecule has 64 heavy (non-hydrogen) atoms. The van der Waals surface area contributed by atoms with Gasteiger partial charge in [0.05, 0.1) is 25.9 Å². The van der Waals surface area contributed by atoms with Crippen LogP contribution in [-0.4, -0.2) is 131 Å². The molecule has 8 atom stereocenters. The number of nitrogens with zero attached hydrogens (tertiary/aromatic N) is 9. The molecule has 334 valence electrons. The predicted molar refractivity (Wildman–Crippen MR) is 231 cm³/mol. The van der Waals surface area contributed by atoms with Crippen molar-refractivity contribution in [1.82, 2.24) is 45.2 Å². The van der Waals surface area contributed by atoms with Gasteiger partial charge in [-0.25, -0.2) is 34.8 Å². The summed E-state index contributed by atoms with van der Waals surface area (Å²) in [5.74, 6) is -1.27. The summed E-state index contributed by atoms with van der Waals surface area (Å²) in [6, 6.07) is 25.5. The number of aliphatic hydroxyl groups excluding tert-OH is 4. The standard InChI is InChI=1S/C24H20ClN5O5.C17H16ClN5O4.H3N.H2O/c25-17-19(32)16(11-31)35-24(17)29-13-28-18-20(29)26-12-27-21(18)30(22(33)14-7-3-1-4-8-14)23(34)15-9-5-2-6-10-15;18-11-13(25)10(6-24)27-17(11)23-8-21-12-14(19-7-20-15(12)23)22-16(26)9-4-2-1-3-5-9;;/h1-10,12-13,16-17,19,24,31-32H,11H2;1-5,7-8,10-11,13,17,24-25H,6H2,(H,19,20,22,26);1H3;1H2/t16-,17-,19-,24-;10-,11-,13-,17-;;/m11../s1. The molecule has 0 aliphatic carbocycles. The molecule has 7 aromatic rings. The Labute approximate surface area is 372 Å². The van der Waals surface area contributed by atoms with Crippen LogP contribution >= 0.6 is 23.2 Å². The number of halogens is 2. The molecule has 21 nitrogen and oxygen atoms in total. The average molecular weight is 919 g/mol. The van der Waals surface area contributed by atoms with E-state index in [4.69, 9.17) is 32.7 Å². The number of benzene rings is 3. The number of aliphatic hydroxyl groups is 4. The first kappa shape index (κ1) is 47.1. The Hall–Kier alpha value is -6.37. The third-order valence-corrected chi connectivity index (χ3v) is 11.1. The molecule has 0 saturated carbocycles. The fourth-order valence-corrected chi connectivity index (χ4v) is 7.64. The van der Waals surface area contributed by atoms with E-state index in [0.29, 0.717) is 16.7 Å². The van der Waals surface area contributed by atoms with Crippen LogP contribution in [0.1, 0.15) is 43.5 Å². The lowest BCUT2D eigenvalue weighted by Gasteiger charge is -2.21. The van der Waals surface area contributed by atoms with Crippen LogP contribution in [0.2, 0.25) is 0 Å². The molecule has 2 aliphatic heterocycles. The zero-order valence-corrected chi connectivity index (χ0v) is 34.8. The molecule has 3 amide bonds. The Balaban J connectivity index is 0.000000212. The minimum Gasteiger partial charge on any atom is -0.412 e. The van der Waals surface area contributed by atoms with Crippen molar-refractivity contribution >= 4 is 74.9 Å². The van der Waals surface area contributed by atoms with E-state index in [2.05, 4.69) is 35.2 Å². The van der Waals surface area contributed by atoms with Crippen LogP contribution in [0, 0.1) is 0 Å². The fourth-order valence-electron chi connectivity index (χ4n) is 6.95. The Morgan fingerprint density at radius 2 is 1.05 bits per heavy atom. The van der Waals surface area contributed by atoms with Crippen molar-refractivity contribution in [1.29, 1.82) is 0 Å². The average Bonchev–Trinajstić information content (AvgIpc) is 4.08. The second-order valence-electron chi connectivity index (χ2n) is 13.9. The monoisotopic (exact) mass is 917 g/mol. The van der Waals surface area contributed by atoms with Gasteiger partial charge in [-0.1, -0.05) is 54.6 Å². The van der Waals surface area contributed by atoms with Crippen LogP contribution in [0.15, 0.2) is 116 Å². The molecule has 10 N–H and O–H groups in total. The summed E-state index contributed by atoms with van der Waals surface area (Å²) in [4.78, 5) is 65.8. The number of imidazole rings is 2.